The Morgan fingerprint density at radius 3 is 2.37 bits per heavy atom. The highest BCUT2D eigenvalue weighted by Crippen LogP contribution is 2.25. The number of methoxy groups -OCH3 is 1. The first-order chi connectivity index (χ1) is 9.28. The van der Waals surface area contributed by atoms with Crippen LogP contribution in [0.3, 0.4) is 0 Å². The summed E-state index contributed by atoms with van der Waals surface area (Å²) in [5, 5.41) is 3.95. The van der Waals surface area contributed by atoms with Gasteiger partial charge in [0, 0.05) is 22.4 Å². The van der Waals surface area contributed by atoms with Crippen molar-refractivity contribution in [3.8, 4) is 5.75 Å². The highest BCUT2D eigenvalue weighted by Gasteiger charge is 2.04. The van der Waals surface area contributed by atoms with Gasteiger partial charge in [0.2, 0.25) is 0 Å². The Labute approximate surface area is 119 Å². The average molecular weight is 273 g/mol. The standard InChI is InChI=1S/C16H19NOS/c1-13(12-17-14-6-4-3-5-7-14)19-16-10-8-15(18-2)9-11-16/h3-11,13,17H,12H2,1-2H3. The lowest BCUT2D eigenvalue weighted by Gasteiger charge is -2.13. The molecular formula is C16H19NOS. The quantitative estimate of drug-likeness (QED) is 0.793. The molecule has 0 aromatic heterocycles. The molecule has 0 amide bonds. The molecule has 1 atom stereocenters. The van der Waals surface area contributed by atoms with E-state index in [1.807, 2.05) is 42.1 Å². The third-order valence-corrected chi connectivity index (χ3v) is 3.88. The van der Waals surface area contributed by atoms with E-state index >= 15 is 0 Å². The molecule has 0 saturated carbocycles. The molecule has 2 aromatic rings. The van der Waals surface area contributed by atoms with Crippen LogP contribution >= 0.6 is 11.8 Å². The van der Waals surface area contributed by atoms with Crippen LogP contribution in [0.15, 0.2) is 59.5 Å². The Morgan fingerprint density at radius 2 is 1.74 bits per heavy atom. The van der Waals surface area contributed by atoms with Crippen LogP contribution in [0.5, 0.6) is 5.75 Å². The van der Waals surface area contributed by atoms with Crippen LogP contribution in [-0.4, -0.2) is 18.9 Å². The summed E-state index contributed by atoms with van der Waals surface area (Å²) >= 11 is 1.86. The Balaban J connectivity index is 1.82. The lowest BCUT2D eigenvalue weighted by Crippen LogP contribution is -2.12. The summed E-state index contributed by atoms with van der Waals surface area (Å²) in [6, 6.07) is 18.5. The van der Waals surface area contributed by atoms with Gasteiger partial charge in [0.1, 0.15) is 5.75 Å². The third kappa shape index (κ3) is 4.52. The van der Waals surface area contributed by atoms with Crippen molar-refractivity contribution >= 4 is 17.4 Å². The molecule has 2 rings (SSSR count). The van der Waals surface area contributed by atoms with Crippen molar-refractivity contribution < 1.29 is 4.74 Å². The second-order valence-electron chi connectivity index (χ2n) is 4.35. The van der Waals surface area contributed by atoms with Crippen LogP contribution in [0.25, 0.3) is 0 Å². The molecule has 19 heavy (non-hydrogen) atoms. The van der Waals surface area contributed by atoms with Crippen LogP contribution in [0.1, 0.15) is 6.92 Å². The van der Waals surface area contributed by atoms with E-state index in [1.54, 1.807) is 7.11 Å². The first kappa shape index (κ1) is 13.8. The van der Waals surface area contributed by atoms with Crippen molar-refractivity contribution in [3.63, 3.8) is 0 Å². The Hall–Kier alpha value is -1.61. The third-order valence-electron chi connectivity index (χ3n) is 2.76. The van der Waals surface area contributed by atoms with Gasteiger partial charge in [-0.15, -0.1) is 11.8 Å². The van der Waals surface area contributed by atoms with E-state index in [2.05, 4.69) is 36.5 Å². The molecule has 1 N–H and O–H groups in total. The van der Waals surface area contributed by atoms with Gasteiger partial charge in [-0.25, -0.2) is 0 Å². The first-order valence-electron chi connectivity index (χ1n) is 6.37. The number of thioether (sulfide) groups is 1. The maximum absolute atomic E-state index is 5.16. The summed E-state index contributed by atoms with van der Waals surface area (Å²) in [4.78, 5) is 1.27. The minimum absolute atomic E-state index is 0.508. The van der Waals surface area contributed by atoms with Gasteiger partial charge in [-0.05, 0) is 36.4 Å². The maximum atomic E-state index is 5.16. The molecule has 3 heteroatoms. The molecule has 1 unspecified atom stereocenters. The zero-order valence-electron chi connectivity index (χ0n) is 11.3. The van der Waals surface area contributed by atoms with Crippen LogP contribution in [0.4, 0.5) is 5.69 Å². The van der Waals surface area contributed by atoms with Gasteiger partial charge < -0.3 is 10.1 Å². The summed E-state index contributed by atoms with van der Waals surface area (Å²) in [5.74, 6) is 0.902. The molecule has 2 nitrogen and oxygen atoms in total. The van der Waals surface area contributed by atoms with Crippen molar-refractivity contribution in [2.24, 2.45) is 0 Å². The number of benzene rings is 2. The lowest BCUT2D eigenvalue weighted by atomic mass is 10.3. The zero-order chi connectivity index (χ0) is 13.5. The Bertz CT molecular complexity index is 484. The molecule has 0 aliphatic rings. The highest BCUT2D eigenvalue weighted by molar-refractivity contribution is 8.00. The highest BCUT2D eigenvalue weighted by atomic mass is 32.2. The van der Waals surface area contributed by atoms with Gasteiger partial charge in [-0.1, -0.05) is 25.1 Å². The molecule has 0 aliphatic heterocycles. The second-order valence-corrected chi connectivity index (χ2v) is 5.86. The van der Waals surface area contributed by atoms with Gasteiger partial charge in [0.05, 0.1) is 7.11 Å². The summed E-state index contributed by atoms with van der Waals surface area (Å²) < 4.78 is 5.16. The first-order valence-corrected chi connectivity index (χ1v) is 7.25. The van der Waals surface area contributed by atoms with Crippen molar-refractivity contribution in [3.05, 3.63) is 54.6 Å². The van der Waals surface area contributed by atoms with Crippen LogP contribution < -0.4 is 10.1 Å². The van der Waals surface area contributed by atoms with Crippen LogP contribution in [-0.2, 0) is 0 Å². The number of hydrogen-bond acceptors (Lipinski definition) is 3. The molecule has 0 fully saturated rings. The van der Waals surface area contributed by atoms with Gasteiger partial charge in [-0.2, -0.15) is 0 Å². The molecule has 2 aromatic carbocycles. The number of ether oxygens (including phenoxy) is 1. The molecule has 0 saturated heterocycles. The largest absolute Gasteiger partial charge is 0.497 e. The van der Waals surface area contributed by atoms with Crippen molar-refractivity contribution in [2.45, 2.75) is 17.1 Å². The fraction of sp³-hybridized carbons (Fsp3) is 0.250. The topological polar surface area (TPSA) is 21.3 Å². The van der Waals surface area contributed by atoms with Gasteiger partial charge >= 0.3 is 0 Å². The van der Waals surface area contributed by atoms with Crippen LogP contribution in [0.2, 0.25) is 0 Å². The average Bonchev–Trinajstić information content (AvgIpc) is 2.47. The minimum Gasteiger partial charge on any atom is -0.497 e. The SMILES string of the molecule is COc1ccc(SC(C)CNc2ccccc2)cc1. The molecular weight excluding hydrogens is 254 g/mol. The summed E-state index contributed by atoms with van der Waals surface area (Å²) in [7, 11) is 1.69. The smallest absolute Gasteiger partial charge is 0.118 e. The van der Waals surface area contributed by atoms with E-state index in [1.165, 1.54) is 10.6 Å². The molecule has 0 spiro atoms. The van der Waals surface area contributed by atoms with E-state index in [0.29, 0.717) is 5.25 Å². The van der Waals surface area contributed by atoms with E-state index in [9.17, 15) is 0 Å². The minimum atomic E-state index is 0.508. The van der Waals surface area contributed by atoms with Crippen LogP contribution in [0, 0.1) is 0 Å². The lowest BCUT2D eigenvalue weighted by molar-refractivity contribution is 0.414. The Morgan fingerprint density at radius 1 is 1.05 bits per heavy atom. The van der Waals surface area contributed by atoms with Crippen molar-refractivity contribution in [1.29, 1.82) is 0 Å². The number of rotatable bonds is 6. The predicted octanol–water partition coefficient (Wildman–Crippen LogP) is 4.29. The molecule has 0 aliphatic carbocycles. The number of hydrogen-bond donors (Lipinski definition) is 1. The molecule has 100 valence electrons. The predicted molar refractivity (Wildman–Crippen MR) is 83.2 cm³/mol. The monoisotopic (exact) mass is 273 g/mol. The second kappa shape index (κ2) is 7.10. The molecule has 0 radical (unpaired) electrons. The summed E-state index contributed by atoms with van der Waals surface area (Å²) in [6.07, 6.45) is 0. The molecule has 0 heterocycles. The number of nitrogens with one attached hydrogen (secondary N) is 1. The Kier molecular flexibility index (Phi) is 5.16. The van der Waals surface area contributed by atoms with Crippen molar-refractivity contribution in [2.75, 3.05) is 19.0 Å². The fourth-order valence-corrected chi connectivity index (χ4v) is 2.67. The number of para-hydroxylation sites is 1. The summed E-state index contributed by atoms with van der Waals surface area (Å²) in [6.45, 7) is 3.17. The molecule has 0 bridgehead atoms. The van der Waals surface area contributed by atoms with Gasteiger partial charge in [-0.3, -0.25) is 0 Å². The van der Waals surface area contributed by atoms with Gasteiger partial charge in [0.15, 0.2) is 0 Å². The zero-order valence-corrected chi connectivity index (χ0v) is 12.1. The number of anilines is 1. The summed E-state index contributed by atoms with van der Waals surface area (Å²) in [5.41, 5.74) is 1.17. The van der Waals surface area contributed by atoms with E-state index in [4.69, 9.17) is 4.74 Å². The van der Waals surface area contributed by atoms with E-state index in [-0.39, 0.29) is 0 Å². The normalized spacial score (nSPS) is 11.9. The van der Waals surface area contributed by atoms with Gasteiger partial charge in [0.25, 0.3) is 0 Å². The van der Waals surface area contributed by atoms with E-state index in [0.717, 1.165) is 12.3 Å². The maximum Gasteiger partial charge on any atom is 0.118 e. The fourth-order valence-electron chi connectivity index (χ4n) is 1.75. The van der Waals surface area contributed by atoms with E-state index < -0.39 is 0 Å². The van der Waals surface area contributed by atoms with Crippen molar-refractivity contribution in [1.82, 2.24) is 0 Å².